The van der Waals surface area contributed by atoms with Gasteiger partial charge in [0.1, 0.15) is 6.29 Å². The molecule has 118 valence electrons. The molecule has 1 atom stereocenters. The van der Waals surface area contributed by atoms with Crippen LogP contribution < -0.4 is 11.1 Å². The lowest BCUT2D eigenvalue weighted by Gasteiger charge is -2.14. The zero-order valence-corrected chi connectivity index (χ0v) is 13.6. The Hall–Kier alpha value is -2.29. The molecule has 1 unspecified atom stereocenters. The number of nitrogen functional groups attached to an aromatic ring is 1. The van der Waals surface area contributed by atoms with Crippen molar-refractivity contribution in [1.29, 1.82) is 0 Å². The van der Waals surface area contributed by atoms with Crippen LogP contribution in [0.3, 0.4) is 0 Å². The Kier molecular flexibility index (Phi) is 3.02. The molecule has 0 radical (unpaired) electrons. The molecule has 1 aliphatic carbocycles. The Morgan fingerprint density at radius 1 is 1.22 bits per heavy atom. The standard InChI is InChI=1S/C20H22N2O/c1-12-7-15(21)8-13(2)16(12)9-14-3-4-18-17(10-14)20(5-6-20)19(11-23)22-18/h3-4,7-8,10-11,19,22H,5-6,9,21H2,1-2H3. The average Bonchev–Trinajstić information content (AvgIpc) is 3.23. The van der Waals surface area contributed by atoms with Gasteiger partial charge in [-0.25, -0.2) is 0 Å². The van der Waals surface area contributed by atoms with E-state index >= 15 is 0 Å². The second-order valence-electron chi connectivity index (χ2n) is 7.10. The van der Waals surface area contributed by atoms with E-state index in [0.29, 0.717) is 0 Å². The van der Waals surface area contributed by atoms with Crippen LogP contribution in [-0.4, -0.2) is 12.3 Å². The molecule has 0 bridgehead atoms. The van der Waals surface area contributed by atoms with Crippen LogP contribution in [0.1, 0.15) is 40.7 Å². The van der Waals surface area contributed by atoms with E-state index in [0.717, 1.165) is 36.9 Å². The van der Waals surface area contributed by atoms with Crippen molar-refractivity contribution in [2.75, 3.05) is 11.1 Å². The summed E-state index contributed by atoms with van der Waals surface area (Å²) in [5, 5.41) is 3.37. The monoisotopic (exact) mass is 306 g/mol. The summed E-state index contributed by atoms with van der Waals surface area (Å²) >= 11 is 0. The molecule has 4 rings (SSSR count). The number of anilines is 2. The Morgan fingerprint density at radius 3 is 2.52 bits per heavy atom. The summed E-state index contributed by atoms with van der Waals surface area (Å²) in [6, 6.07) is 10.6. The first kappa shape index (κ1) is 14.3. The minimum atomic E-state index is -0.0484. The van der Waals surface area contributed by atoms with Crippen LogP contribution in [0.2, 0.25) is 0 Å². The van der Waals surface area contributed by atoms with Crippen LogP contribution in [0.5, 0.6) is 0 Å². The first-order valence-corrected chi connectivity index (χ1v) is 8.24. The average molecular weight is 306 g/mol. The van der Waals surface area contributed by atoms with Crippen LogP contribution in [0, 0.1) is 13.8 Å². The highest BCUT2D eigenvalue weighted by molar-refractivity contribution is 5.78. The zero-order valence-electron chi connectivity index (χ0n) is 13.6. The molecule has 1 fully saturated rings. The number of aryl methyl sites for hydroxylation is 2. The Bertz CT molecular complexity index is 782. The van der Waals surface area contributed by atoms with Gasteiger partial charge in [0.2, 0.25) is 0 Å². The van der Waals surface area contributed by atoms with E-state index in [4.69, 9.17) is 5.73 Å². The van der Waals surface area contributed by atoms with E-state index in [1.165, 1.54) is 27.8 Å². The highest BCUT2D eigenvalue weighted by Gasteiger charge is 2.55. The number of carbonyl (C=O) groups is 1. The molecule has 1 saturated carbocycles. The number of aldehydes is 1. The number of nitrogens with one attached hydrogen (secondary N) is 1. The van der Waals surface area contributed by atoms with Crippen molar-refractivity contribution in [1.82, 2.24) is 0 Å². The number of nitrogens with two attached hydrogens (primary N) is 1. The van der Waals surface area contributed by atoms with E-state index in [1.807, 2.05) is 12.1 Å². The number of rotatable bonds is 3. The third-order valence-corrected chi connectivity index (χ3v) is 5.55. The van der Waals surface area contributed by atoms with Gasteiger partial charge in [0.15, 0.2) is 0 Å². The maximum absolute atomic E-state index is 11.4. The molecule has 3 nitrogen and oxygen atoms in total. The van der Waals surface area contributed by atoms with Crippen molar-refractivity contribution in [3.8, 4) is 0 Å². The summed E-state index contributed by atoms with van der Waals surface area (Å²) in [4.78, 5) is 11.4. The molecule has 3 heteroatoms. The molecule has 23 heavy (non-hydrogen) atoms. The third-order valence-electron chi connectivity index (χ3n) is 5.55. The Labute approximate surface area is 136 Å². The Morgan fingerprint density at radius 2 is 1.91 bits per heavy atom. The van der Waals surface area contributed by atoms with Crippen molar-refractivity contribution >= 4 is 17.7 Å². The van der Waals surface area contributed by atoms with Gasteiger partial charge in [-0.1, -0.05) is 12.1 Å². The van der Waals surface area contributed by atoms with Crippen LogP contribution >= 0.6 is 0 Å². The van der Waals surface area contributed by atoms with Gasteiger partial charge in [-0.15, -0.1) is 0 Å². The molecule has 2 aromatic rings. The van der Waals surface area contributed by atoms with Crippen molar-refractivity contribution in [2.24, 2.45) is 0 Å². The molecule has 1 heterocycles. The maximum atomic E-state index is 11.4. The van der Waals surface area contributed by atoms with Crippen LogP contribution in [0.15, 0.2) is 30.3 Å². The SMILES string of the molecule is Cc1cc(N)cc(C)c1Cc1ccc2c(c1)C1(CC1)C(C=O)N2. The predicted molar refractivity (Wildman–Crippen MR) is 94.0 cm³/mol. The smallest absolute Gasteiger partial charge is 0.143 e. The van der Waals surface area contributed by atoms with Gasteiger partial charge in [-0.05, 0) is 79.1 Å². The molecule has 0 saturated heterocycles. The van der Waals surface area contributed by atoms with Crippen molar-refractivity contribution < 1.29 is 4.79 Å². The largest absolute Gasteiger partial charge is 0.399 e. The highest BCUT2D eigenvalue weighted by Crippen LogP contribution is 2.57. The zero-order chi connectivity index (χ0) is 16.2. The minimum Gasteiger partial charge on any atom is -0.399 e. The van der Waals surface area contributed by atoms with E-state index in [9.17, 15) is 4.79 Å². The van der Waals surface area contributed by atoms with Gasteiger partial charge in [-0.2, -0.15) is 0 Å². The lowest BCUT2D eigenvalue weighted by Crippen LogP contribution is -2.27. The lowest BCUT2D eigenvalue weighted by molar-refractivity contribution is -0.108. The fraction of sp³-hybridized carbons (Fsp3) is 0.350. The summed E-state index contributed by atoms with van der Waals surface area (Å²) in [5.74, 6) is 0. The molecule has 0 aromatic heterocycles. The summed E-state index contributed by atoms with van der Waals surface area (Å²) in [6.45, 7) is 4.25. The number of benzene rings is 2. The topological polar surface area (TPSA) is 55.1 Å². The lowest BCUT2D eigenvalue weighted by atomic mass is 9.89. The van der Waals surface area contributed by atoms with Crippen molar-refractivity contribution in [3.63, 3.8) is 0 Å². The number of hydrogen-bond donors (Lipinski definition) is 2. The fourth-order valence-electron chi connectivity index (χ4n) is 4.10. The quantitative estimate of drug-likeness (QED) is 0.674. The molecule has 2 aromatic carbocycles. The molecular weight excluding hydrogens is 284 g/mol. The van der Waals surface area contributed by atoms with Crippen LogP contribution in [0.4, 0.5) is 11.4 Å². The van der Waals surface area contributed by atoms with Crippen LogP contribution in [-0.2, 0) is 16.6 Å². The van der Waals surface area contributed by atoms with E-state index in [1.54, 1.807) is 0 Å². The molecule has 1 spiro atoms. The third kappa shape index (κ3) is 2.14. The molecular formula is C20H22N2O. The summed E-state index contributed by atoms with van der Waals surface area (Å²) in [6.07, 6.45) is 4.20. The van der Waals surface area contributed by atoms with E-state index in [2.05, 4.69) is 37.4 Å². The first-order chi connectivity index (χ1) is 11.0. The molecule has 3 N–H and O–H groups in total. The van der Waals surface area contributed by atoms with Crippen LogP contribution in [0.25, 0.3) is 0 Å². The fourth-order valence-corrected chi connectivity index (χ4v) is 4.10. The summed E-state index contributed by atoms with van der Waals surface area (Å²) < 4.78 is 0. The first-order valence-electron chi connectivity index (χ1n) is 8.24. The van der Waals surface area contributed by atoms with E-state index < -0.39 is 0 Å². The normalized spacial score (nSPS) is 20.2. The van der Waals surface area contributed by atoms with E-state index in [-0.39, 0.29) is 11.5 Å². The second-order valence-corrected chi connectivity index (χ2v) is 7.10. The second kappa shape index (κ2) is 4.85. The van der Waals surface area contributed by atoms with Gasteiger partial charge in [0.05, 0.1) is 6.04 Å². The van der Waals surface area contributed by atoms with Gasteiger partial charge in [0, 0.05) is 16.8 Å². The summed E-state index contributed by atoms with van der Waals surface area (Å²) in [7, 11) is 0. The van der Waals surface area contributed by atoms with Gasteiger partial charge >= 0.3 is 0 Å². The molecule has 0 amide bonds. The minimum absolute atomic E-state index is 0.0484. The summed E-state index contributed by atoms with van der Waals surface area (Å²) in [5.41, 5.74) is 14.4. The van der Waals surface area contributed by atoms with Gasteiger partial charge < -0.3 is 15.8 Å². The molecule has 2 aliphatic rings. The number of fused-ring (bicyclic) bond motifs is 2. The predicted octanol–water partition coefficient (Wildman–Crippen LogP) is 3.50. The van der Waals surface area contributed by atoms with Crippen molar-refractivity contribution in [3.05, 3.63) is 58.1 Å². The van der Waals surface area contributed by atoms with Gasteiger partial charge in [-0.3, -0.25) is 0 Å². The maximum Gasteiger partial charge on any atom is 0.143 e. The van der Waals surface area contributed by atoms with Crippen molar-refractivity contribution in [2.45, 2.75) is 44.6 Å². The number of hydrogen-bond acceptors (Lipinski definition) is 3. The Balaban J connectivity index is 1.70. The highest BCUT2D eigenvalue weighted by atomic mass is 16.1. The molecule has 1 aliphatic heterocycles. The number of carbonyl (C=O) groups excluding carboxylic acids is 1. The van der Waals surface area contributed by atoms with Gasteiger partial charge in [0.25, 0.3) is 0 Å².